The molecular weight excluding hydrogens is 230 g/mol. The fraction of sp³-hybridized carbons (Fsp3) is 0.0714. The van der Waals surface area contributed by atoms with Gasteiger partial charge in [0.2, 0.25) is 0 Å². The number of hydrogen-bond donors (Lipinski definition) is 1. The first-order valence-corrected chi connectivity index (χ1v) is 6.23. The minimum atomic E-state index is 0.100. The predicted molar refractivity (Wildman–Crippen MR) is 71.0 cm³/mol. The van der Waals surface area contributed by atoms with Crippen LogP contribution in [0.4, 0.5) is 0 Å². The van der Waals surface area contributed by atoms with Crippen LogP contribution in [0.15, 0.2) is 48.8 Å². The highest BCUT2D eigenvalue weighted by Crippen LogP contribution is 2.32. The third-order valence-corrected chi connectivity index (χ3v) is 3.85. The van der Waals surface area contributed by atoms with E-state index in [1.165, 1.54) is 5.39 Å². The van der Waals surface area contributed by atoms with Gasteiger partial charge in [-0.2, -0.15) is 0 Å². The summed E-state index contributed by atoms with van der Waals surface area (Å²) in [4.78, 5) is 6.40. The molecule has 0 aliphatic rings. The summed E-state index contributed by atoms with van der Waals surface area (Å²) in [5.74, 6) is 0. The zero-order chi connectivity index (χ0) is 11.7. The number of aliphatic hydroxyl groups excluding tert-OH is 1. The van der Waals surface area contributed by atoms with Crippen LogP contribution in [0.2, 0.25) is 0 Å². The van der Waals surface area contributed by atoms with Crippen molar-refractivity contribution in [1.29, 1.82) is 0 Å². The number of aromatic nitrogens is 1. The SMILES string of the molecule is OCc1ccc(-c2cncc3ccccc23)s1. The lowest BCUT2D eigenvalue weighted by atomic mass is 10.1. The van der Waals surface area contributed by atoms with Crippen molar-refractivity contribution in [2.24, 2.45) is 0 Å². The first-order valence-electron chi connectivity index (χ1n) is 5.41. The lowest BCUT2D eigenvalue weighted by Gasteiger charge is -2.03. The summed E-state index contributed by atoms with van der Waals surface area (Å²) in [6.07, 6.45) is 3.76. The van der Waals surface area contributed by atoms with E-state index in [9.17, 15) is 0 Å². The second kappa shape index (κ2) is 4.28. The van der Waals surface area contributed by atoms with Crippen LogP contribution in [0.1, 0.15) is 4.88 Å². The highest BCUT2D eigenvalue weighted by Gasteiger charge is 2.06. The Labute approximate surface area is 103 Å². The maximum absolute atomic E-state index is 9.11. The van der Waals surface area contributed by atoms with E-state index in [4.69, 9.17) is 5.11 Å². The second-order valence-corrected chi connectivity index (χ2v) is 5.00. The van der Waals surface area contributed by atoms with Crippen molar-refractivity contribution in [2.45, 2.75) is 6.61 Å². The molecule has 0 fully saturated rings. The van der Waals surface area contributed by atoms with E-state index in [1.807, 2.05) is 36.7 Å². The number of nitrogens with zero attached hydrogens (tertiary/aromatic N) is 1. The van der Waals surface area contributed by atoms with Gasteiger partial charge >= 0.3 is 0 Å². The van der Waals surface area contributed by atoms with E-state index < -0.39 is 0 Å². The Morgan fingerprint density at radius 3 is 2.76 bits per heavy atom. The summed E-state index contributed by atoms with van der Waals surface area (Å²) >= 11 is 1.61. The molecule has 2 aromatic heterocycles. The first kappa shape index (κ1) is 10.4. The summed E-state index contributed by atoms with van der Waals surface area (Å²) < 4.78 is 0. The molecule has 17 heavy (non-hydrogen) atoms. The van der Waals surface area contributed by atoms with Crippen molar-refractivity contribution < 1.29 is 5.11 Å². The minimum absolute atomic E-state index is 0.100. The summed E-state index contributed by atoms with van der Waals surface area (Å²) in [6.45, 7) is 0.100. The van der Waals surface area contributed by atoms with Crippen LogP contribution < -0.4 is 0 Å². The van der Waals surface area contributed by atoms with Gasteiger partial charge in [0, 0.05) is 33.1 Å². The molecule has 1 aromatic carbocycles. The average molecular weight is 241 g/mol. The van der Waals surface area contributed by atoms with Gasteiger partial charge in [-0.05, 0) is 17.5 Å². The molecule has 3 aromatic rings. The van der Waals surface area contributed by atoms with Gasteiger partial charge in [0.05, 0.1) is 6.61 Å². The molecule has 3 heteroatoms. The van der Waals surface area contributed by atoms with E-state index in [0.29, 0.717) is 0 Å². The number of pyridine rings is 1. The van der Waals surface area contributed by atoms with Gasteiger partial charge in [0.1, 0.15) is 0 Å². The highest BCUT2D eigenvalue weighted by molar-refractivity contribution is 7.15. The van der Waals surface area contributed by atoms with Crippen molar-refractivity contribution >= 4 is 22.1 Å². The number of hydrogen-bond acceptors (Lipinski definition) is 3. The fourth-order valence-electron chi connectivity index (χ4n) is 1.92. The molecule has 3 rings (SSSR count). The molecule has 0 spiro atoms. The molecule has 0 aliphatic heterocycles. The Hall–Kier alpha value is -1.71. The van der Waals surface area contributed by atoms with Crippen molar-refractivity contribution in [2.75, 3.05) is 0 Å². The smallest absolute Gasteiger partial charge is 0.0774 e. The number of benzene rings is 1. The maximum Gasteiger partial charge on any atom is 0.0774 e. The predicted octanol–water partition coefficient (Wildman–Crippen LogP) is 3.46. The first-order chi connectivity index (χ1) is 8.38. The van der Waals surface area contributed by atoms with Crippen LogP contribution >= 0.6 is 11.3 Å². The Morgan fingerprint density at radius 1 is 1.06 bits per heavy atom. The third-order valence-electron chi connectivity index (χ3n) is 2.75. The molecule has 0 unspecified atom stereocenters. The number of rotatable bonds is 2. The quantitative estimate of drug-likeness (QED) is 0.745. The van der Waals surface area contributed by atoms with E-state index in [0.717, 1.165) is 20.7 Å². The monoisotopic (exact) mass is 241 g/mol. The van der Waals surface area contributed by atoms with E-state index >= 15 is 0 Å². The van der Waals surface area contributed by atoms with Crippen molar-refractivity contribution in [3.05, 3.63) is 53.7 Å². The standard InChI is InChI=1S/C14H11NOS/c16-9-11-5-6-14(17-11)13-8-15-7-10-3-1-2-4-12(10)13/h1-8,16H,9H2. The van der Waals surface area contributed by atoms with Crippen LogP contribution in [0, 0.1) is 0 Å². The van der Waals surface area contributed by atoms with Crippen molar-refractivity contribution in [3.8, 4) is 10.4 Å². The minimum Gasteiger partial charge on any atom is -0.391 e. The van der Waals surface area contributed by atoms with Crippen LogP contribution in [-0.2, 0) is 6.61 Å². The molecule has 84 valence electrons. The summed E-state index contributed by atoms with van der Waals surface area (Å²) in [7, 11) is 0. The van der Waals surface area contributed by atoms with Crippen LogP contribution in [0.5, 0.6) is 0 Å². The third kappa shape index (κ3) is 1.84. The molecule has 0 amide bonds. The van der Waals surface area contributed by atoms with Crippen molar-refractivity contribution in [1.82, 2.24) is 4.98 Å². The second-order valence-electron chi connectivity index (χ2n) is 3.83. The van der Waals surface area contributed by atoms with Gasteiger partial charge in [-0.1, -0.05) is 24.3 Å². The van der Waals surface area contributed by atoms with E-state index in [2.05, 4.69) is 17.1 Å². The zero-order valence-corrected chi connectivity index (χ0v) is 9.95. The molecule has 1 N–H and O–H groups in total. The van der Waals surface area contributed by atoms with Crippen molar-refractivity contribution in [3.63, 3.8) is 0 Å². The van der Waals surface area contributed by atoms with Gasteiger partial charge in [-0.15, -0.1) is 11.3 Å². The van der Waals surface area contributed by atoms with Gasteiger partial charge in [0.15, 0.2) is 0 Å². The molecule has 0 radical (unpaired) electrons. The Balaban J connectivity index is 2.23. The van der Waals surface area contributed by atoms with Crippen LogP contribution in [-0.4, -0.2) is 10.1 Å². The topological polar surface area (TPSA) is 33.1 Å². The maximum atomic E-state index is 9.11. The zero-order valence-electron chi connectivity index (χ0n) is 9.13. The molecule has 0 bridgehead atoms. The molecule has 0 saturated carbocycles. The summed E-state index contributed by atoms with van der Waals surface area (Å²) in [6, 6.07) is 12.2. The molecule has 2 heterocycles. The molecule has 0 aliphatic carbocycles. The van der Waals surface area contributed by atoms with E-state index in [-0.39, 0.29) is 6.61 Å². The largest absolute Gasteiger partial charge is 0.391 e. The Kier molecular flexibility index (Phi) is 2.63. The number of thiophene rings is 1. The van der Waals surface area contributed by atoms with Gasteiger partial charge in [-0.25, -0.2) is 0 Å². The van der Waals surface area contributed by atoms with Crippen LogP contribution in [0.3, 0.4) is 0 Å². The van der Waals surface area contributed by atoms with Crippen LogP contribution in [0.25, 0.3) is 21.2 Å². The number of fused-ring (bicyclic) bond motifs is 1. The summed E-state index contributed by atoms with van der Waals surface area (Å²) in [5.41, 5.74) is 1.13. The Bertz CT molecular complexity index is 655. The van der Waals surface area contributed by atoms with Gasteiger partial charge < -0.3 is 5.11 Å². The molecular formula is C14H11NOS. The fourth-order valence-corrected chi connectivity index (χ4v) is 2.81. The van der Waals surface area contributed by atoms with E-state index in [1.54, 1.807) is 11.3 Å². The van der Waals surface area contributed by atoms with Gasteiger partial charge in [-0.3, -0.25) is 4.98 Å². The molecule has 0 atom stereocenters. The Morgan fingerprint density at radius 2 is 1.94 bits per heavy atom. The number of aliphatic hydroxyl groups is 1. The molecule has 0 saturated heterocycles. The lowest BCUT2D eigenvalue weighted by molar-refractivity contribution is 0.285. The molecule has 2 nitrogen and oxygen atoms in total. The highest BCUT2D eigenvalue weighted by atomic mass is 32.1. The summed E-state index contributed by atoms with van der Waals surface area (Å²) in [5, 5.41) is 11.5. The average Bonchev–Trinajstić information content (AvgIpc) is 2.87. The normalized spacial score (nSPS) is 10.9. The van der Waals surface area contributed by atoms with Gasteiger partial charge in [0.25, 0.3) is 0 Å². The lowest BCUT2D eigenvalue weighted by Crippen LogP contribution is -1.80.